The molecule has 0 spiro atoms. The van der Waals surface area contributed by atoms with Crippen LogP contribution < -0.4 is 4.74 Å². The Morgan fingerprint density at radius 3 is 2.83 bits per heavy atom. The summed E-state index contributed by atoms with van der Waals surface area (Å²) >= 11 is 0. The van der Waals surface area contributed by atoms with Gasteiger partial charge in [-0.3, -0.25) is 0 Å². The highest BCUT2D eigenvalue weighted by molar-refractivity contribution is 5.99. The molecule has 0 radical (unpaired) electrons. The number of alkyl halides is 2. The molecule has 7 nitrogen and oxygen atoms in total. The van der Waals surface area contributed by atoms with Crippen molar-refractivity contribution in [1.29, 1.82) is 0 Å². The number of fused-ring (bicyclic) bond motifs is 1. The second-order valence-electron chi connectivity index (χ2n) is 5.26. The molecular formula is C15H16F2N2O5. The van der Waals surface area contributed by atoms with Crippen LogP contribution in [-0.4, -0.2) is 47.1 Å². The van der Waals surface area contributed by atoms with Crippen molar-refractivity contribution in [3.63, 3.8) is 0 Å². The molecule has 0 aliphatic carbocycles. The molecule has 2 heterocycles. The number of esters is 1. The van der Waals surface area contributed by atoms with Crippen LogP contribution in [0, 0.1) is 0 Å². The maximum absolute atomic E-state index is 12.8. The summed E-state index contributed by atoms with van der Waals surface area (Å²) in [6.45, 7) is -2.42. The Hall–Kier alpha value is -2.26. The van der Waals surface area contributed by atoms with E-state index in [1.54, 1.807) is 10.6 Å². The fourth-order valence-corrected chi connectivity index (χ4v) is 2.65. The number of halogens is 2. The van der Waals surface area contributed by atoms with Crippen LogP contribution in [-0.2, 0) is 22.6 Å². The average Bonchev–Trinajstić information content (AvgIpc) is 2.88. The summed E-state index contributed by atoms with van der Waals surface area (Å²) in [5.41, 5.74) is 0.388. The largest absolute Gasteiger partial charge is 0.465 e. The predicted octanol–water partition coefficient (Wildman–Crippen LogP) is 1.71. The smallest absolute Gasteiger partial charge is 0.387 e. The number of nitrogens with zero attached hydrogens (tertiary/aromatic N) is 2. The first kappa shape index (κ1) is 16.6. The van der Waals surface area contributed by atoms with Crippen molar-refractivity contribution in [1.82, 2.24) is 9.55 Å². The number of carbonyl (C=O) groups is 1. The van der Waals surface area contributed by atoms with Gasteiger partial charge in [-0.25, -0.2) is 9.78 Å². The first-order valence-corrected chi connectivity index (χ1v) is 7.32. The van der Waals surface area contributed by atoms with Crippen molar-refractivity contribution in [3.05, 3.63) is 23.5 Å². The van der Waals surface area contributed by atoms with Crippen LogP contribution in [0.5, 0.6) is 5.75 Å². The van der Waals surface area contributed by atoms with Gasteiger partial charge in [0.05, 0.1) is 25.3 Å². The number of imidazole rings is 1. The van der Waals surface area contributed by atoms with E-state index >= 15 is 0 Å². The van der Waals surface area contributed by atoms with Crippen LogP contribution in [0.4, 0.5) is 8.78 Å². The number of methoxy groups -OCH3 is 1. The van der Waals surface area contributed by atoms with Gasteiger partial charge in [-0.2, -0.15) is 8.78 Å². The highest BCUT2D eigenvalue weighted by Crippen LogP contribution is 2.33. The van der Waals surface area contributed by atoms with E-state index in [0.717, 1.165) is 13.5 Å². The minimum absolute atomic E-state index is 0.0209. The number of aliphatic hydroxyl groups is 1. The Bertz CT molecular complexity index is 758. The summed E-state index contributed by atoms with van der Waals surface area (Å²) in [4.78, 5) is 16.0. The molecule has 2 aromatic rings. The molecule has 1 aliphatic rings. The minimum Gasteiger partial charge on any atom is -0.465 e. The zero-order valence-electron chi connectivity index (χ0n) is 12.9. The molecule has 24 heavy (non-hydrogen) atoms. The van der Waals surface area contributed by atoms with E-state index in [2.05, 4.69) is 14.5 Å². The first-order chi connectivity index (χ1) is 11.5. The molecule has 1 aliphatic heterocycles. The molecule has 130 valence electrons. The van der Waals surface area contributed by atoms with Gasteiger partial charge in [-0.05, 0) is 18.6 Å². The maximum Gasteiger partial charge on any atom is 0.387 e. The maximum atomic E-state index is 12.8. The van der Waals surface area contributed by atoms with Crippen molar-refractivity contribution in [2.75, 3.05) is 13.7 Å². The molecule has 9 heteroatoms. The SMILES string of the molecule is COC(=O)c1ccc2c(nc(CO)n2C[C@@H]2CCO2)c1OC(F)F. The number of ether oxygens (including phenoxy) is 3. The Balaban J connectivity index is 2.14. The van der Waals surface area contributed by atoms with Gasteiger partial charge in [-0.1, -0.05) is 0 Å². The highest BCUT2D eigenvalue weighted by Gasteiger charge is 2.26. The topological polar surface area (TPSA) is 82.8 Å². The summed E-state index contributed by atoms with van der Waals surface area (Å²) < 4.78 is 41.7. The fraction of sp³-hybridized carbons (Fsp3) is 0.467. The molecule has 0 unspecified atom stereocenters. The second-order valence-corrected chi connectivity index (χ2v) is 5.26. The van der Waals surface area contributed by atoms with Gasteiger partial charge in [0.2, 0.25) is 0 Å². The van der Waals surface area contributed by atoms with Crippen molar-refractivity contribution < 1.29 is 32.9 Å². The van der Waals surface area contributed by atoms with Gasteiger partial charge in [-0.15, -0.1) is 0 Å². The number of aliphatic hydroxyl groups excluding tert-OH is 1. The molecule has 1 aromatic heterocycles. The number of aromatic nitrogens is 2. The monoisotopic (exact) mass is 342 g/mol. The first-order valence-electron chi connectivity index (χ1n) is 7.32. The molecule has 3 rings (SSSR count). The summed E-state index contributed by atoms with van der Waals surface area (Å²) in [6, 6.07) is 2.90. The lowest BCUT2D eigenvalue weighted by Gasteiger charge is -2.27. The van der Waals surface area contributed by atoms with E-state index in [4.69, 9.17) is 4.74 Å². The van der Waals surface area contributed by atoms with Crippen LogP contribution in [0.2, 0.25) is 0 Å². The van der Waals surface area contributed by atoms with Crippen LogP contribution in [0.1, 0.15) is 22.6 Å². The van der Waals surface area contributed by atoms with Gasteiger partial charge in [0, 0.05) is 6.61 Å². The van der Waals surface area contributed by atoms with Gasteiger partial charge in [0.15, 0.2) is 5.75 Å². The lowest BCUT2D eigenvalue weighted by molar-refractivity contribution is -0.0593. The molecule has 1 saturated heterocycles. The Labute approximate surface area is 135 Å². The molecule has 1 fully saturated rings. The number of rotatable bonds is 6. The van der Waals surface area contributed by atoms with Crippen LogP contribution in [0.15, 0.2) is 12.1 Å². The van der Waals surface area contributed by atoms with Gasteiger partial charge < -0.3 is 23.9 Å². The van der Waals surface area contributed by atoms with Crippen LogP contribution >= 0.6 is 0 Å². The fourth-order valence-electron chi connectivity index (χ4n) is 2.65. The molecule has 1 aromatic carbocycles. The van der Waals surface area contributed by atoms with Crippen LogP contribution in [0.25, 0.3) is 11.0 Å². The van der Waals surface area contributed by atoms with Crippen molar-refractivity contribution in [2.45, 2.75) is 32.3 Å². The Kier molecular flexibility index (Phi) is 4.63. The predicted molar refractivity (Wildman–Crippen MR) is 78.0 cm³/mol. The lowest BCUT2D eigenvalue weighted by atomic mass is 10.1. The standard InChI is InChI=1S/C15H16F2N2O5/c1-22-14(21)9-2-3-10-12(13(9)24-15(16)17)18-11(7-20)19(10)6-8-4-5-23-8/h2-3,8,15,20H,4-7H2,1H3/t8-/m0/s1. The third-order valence-corrected chi connectivity index (χ3v) is 3.89. The summed E-state index contributed by atoms with van der Waals surface area (Å²) in [5, 5.41) is 9.52. The zero-order chi connectivity index (χ0) is 17.3. The zero-order valence-corrected chi connectivity index (χ0v) is 12.9. The quantitative estimate of drug-likeness (QED) is 0.805. The summed E-state index contributed by atoms with van der Waals surface area (Å²) in [6.07, 6.45) is 0.845. The number of hydrogen-bond acceptors (Lipinski definition) is 6. The number of carbonyl (C=O) groups excluding carboxylic acids is 1. The van der Waals surface area contributed by atoms with Crippen molar-refractivity contribution >= 4 is 17.0 Å². The molecule has 1 N–H and O–H groups in total. The van der Waals surface area contributed by atoms with E-state index in [0.29, 0.717) is 18.7 Å². The van der Waals surface area contributed by atoms with Crippen molar-refractivity contribution in [3.8, 4) is 5.75 Å². The number of benzene rings is 1. The molecule has 1 atom stereocenters. The normalized spacial score (nSPS) is 17.1. The van der Waals surface area contributed by atoms with E-state index < -0.39 is 12.6 Å². The minimum atomic E-state index is -3.13. The van der Waals surface area contributed by atoms with Crippen LogP contribution in [0.3, 0.4) is 0 Å². The molecule has 0 saturated carbocycles. The summed E-state index contributed by atoms with van der Waals surface area (Å²) in [7, 11) is 1.14. The number of hydrogen-bond donors (Lipinski definition) is 1. The Morgan fingerprint density at radius 2 is 2.29 bits per heavy atom. The van der Waals surface area contributed by atoms with E-state index in [9.17, 15) is 18.7 Å². The second kappa shape index (κ2) is 6.70. The molecule has 0 amide bonds. The van der Waals surface area contributed by atoms with Gasteiger partial charge in [0.25, 0.3) is 0 Å². The van der Waals surface area contributed by atoms with Gasteiger partial charge >= 0.3 is 12.6 Å². The van der Waals surface area contributed by atoms with Crippen molar-refractivity contribution in [2.24, 2.45) is 0 Å². The third kappa shape index (κ3) is 2.92. The van der Waals surface area contributed by atoms with Gasteiger partial charge in [0.1, 0.15) is 23.5 Å². The van der Waals surface area contributed by atoms with E-state index in [1.165, 1.54) is 6.07 Å². The van der Waals surface area contributed by atoms with E-state index in [1.807, 2.05) is 0 Å². The molecule has 0 bridgehead atoms. The molecular weight excluding hydrogens is 326 g/mol. The third-order valence-electron chi connectivity index (χ3n) is 3.89. The Morgan fingerprint density at radius 1 is 1.54 bits per heavy atom. The van der Waals surface area contributed by atoms with E-state index in [-0.39, 0.29) is 35.4 Å². The highest BCUT2D eigenvalue weighted by atomic mass is 19.3. The average molecular weight is 342 g/mol. The summed E-state index contributed by atoms with van der Waals surface area (Å²) in [5.74, 6) is -0.895. The lowest BCUT2D eigenvalue weighted by Crippen LogP contribution is -2.31.